The number of aryl methyl sites for hydroxylation is 1. The summed E-state index contributed by atoms with van der Waals surface area (Å²) in [4.78, 5) is 2.44. The molecule has 0 fully saturated rings. The molecule has 106 valence electrons. The molecule has 0 saturated heterocycles. The predicted octanol–water partition coefficient (Wildman–Crippen LogP) is 1.09. The van der Waals surface area contributed by atoms with Gasteiger partial charge in [-0.15, -0.1) is 0 Å². The summed E-state index contributed by atoms with van der Waals surface area (Å²) in [5.41, 5.74) is 9.46. The lowest BCUT2D eigenvalue weighted by atomic mass is 10.0. The number of hydrogen-bond donors (Lipinski definition) is 2. The van der Waals surface area contributed by atoms with E-state index in [9.17, 15) is 0 Å². The van der Waals surface area contributed by atoms with E-state index in [1.54, 1.807) is 0 Å². The Kier molecular flexibility index (Phi) is 4.32. The maximum Gasteiger partial charge on any atom is 0.102 e. The minimum Gasteiger partial charge on any atom is -0.399 e. The van der Waals surface area contributed by atoms with Crippen molar-refractivity contribution in [3.63, 3.8) is 0 Å². The first kappa shape index (κ1) is 14.2. The van der Waals surface area contributed by atoms with Gasteiger partial charge >= 0.3 is 0 Å². The molecule has 1 aliphatic rings. The van der Waals surface area contributed by atoms with Crippen molar-refractivity contribution in [2.75, 3.05) is 57.5 Å². The number of nitrogens with two attached hydrogens (primary N) is 1. The molecular weight excluding hydrogens is 238 g/mol. The zero-order chi connectivity index (χ0) is 13.9. The molecule has 0 amide bonds. The lowest BCUT2D eigenvalue weighted by Crippen LogP contribution is -2.47. The molecular formula is C15H26N3O+. The number of fused-ring (bicyclic) bond motifs is 1. The van der Waals surface area contributed by atoms with Crippen LogP contribution in [0, 0.1) is 0 Å². The maximum atomic E-state index is 9.09. The summed E-state index contributed by atoms with van der Waals surface area (Å²) < 4.78 is 0.852. The van der Waals surface area contributed by atoms with E-state index < -0.39 is 0 Å². The van der Waals surface area contributed by atoms with Gasteiger partial charge in [-0.1, -0.05) is 6.07 Å². The summed E-state index contributed by atoms with van der Waals surface area (Å²) in [7, 11) is 4.33. The van der Waals surface area contributed by atoms with E-state index in [1.165, 1.54) is 17.7 Å². The minimum absolute atomic E-state index is 0.247. The SMILES string of the molecule is C[N+](C)(CCO)CCN1CCCc2ccc(N)cc21. The number of aliphatic hydroxyl groups is 1. The third-order valence-corrected chi connectivity index (χ3v) is 4.00. The Balaban J connectivity index is 2.05. The van der Waals surface area contributed by atoms with E-state index in [4.69, 9.17) is 10.8 Å². The van der Waals surface area contributed by atoms with Gasteiger partial charge in [0.1, 0.15) is 6.54 Å². The lowest BCUT2D eigenvalue weighted by molar-refractivity contribution is -0.889. The molecule has 2 rings (SSSR count). The molecule has 1 heterocycles. The third kappa shape index (κ3) is 3.61. The largest absolute Gasteiger partial charge is 0.399 e. The predicted molar refractivity (Wildman–Crippen MR) is 80.3 cm³/mol. The average Bonchev–Trinajstić information content (AvgIpc) is 2.36. The van der Waals surface area contributed by atoms with Gasteiger partial charge in [-0.3, -0.25) is 0 Å². The Labute approximate surface area is 116 Å². The summed E-state index contributed by atoms with van der Waals surface area (Å²) in [5.74, 6) is 0. The molecule has 19 heavy (non-hydrogen) atoms. The van der Waals surface area contributed by atoms with Gasteiger partial charge < -0.3 is 20.2 Å². The smallest absolute Gasteiger partial charge is 0.102 e. The molecule has 0 unspecified atom stereocenters. The quantitative estimate of drug-likeness (QED) is 0.618. The van der Waals surface area contributed by atoms with Crippen molar-refractivity contribution in [1.29, 1.82) is 0 Å². The molecule has 0 bridgehead atoms. The van der Waals surface area contributed by atoms with Crippen molar-refractivity contribution in [1.82, 2.24) is 0 Å². The van der Waals surface area contributed by atoms with Crippen molar-refractivity contribution in [2.45, 2.75) is 12.8 Å². The van der Waals surface area contributed by atoms with Crippen LogP contribution >= 0.6 is 0 Å². The Morgan fingerprint density at radius 2 is 2.11 bits per heavy atom. The van der Waals surface area contributed by atoms with E-state index in [2.05, 4.69) is 31.1 Å². The minimum atomic E-state index is 0.247. The fraction of sp³-hybridized carbons (Fsp3) is 0.600. The molecule has 0 aromatic heterocycles. The summed E-state index contributed by atoms with van der Waals surface area (Å²) in [5, 5.41) is 9.09. The number of nitrogen functional groups attached to an aromatic ring is 1. The van der Waals surface area contributed by atoms with Gasteiger partial charge in [0.2, 0.25) is 0 Å². The molecule has 0 saturated carbocycles. The molecule has 3 N–H and O–H groups in total. The van der Waals surface area contributed by atoms with Crippen LogP contribution in [-0.4, -0.2) is 56.5 Å². The van der Waals surface area contributed by atoms with Crippen LogP contribution in [0.5, 0.6) is 0 Å². The number of rotatable bonds is 5. The average molecular weight is 264 g/mol. The van der Waals surface area contributed by atoms with Crippen LogP contribution in [0.1, 0.15) is 12.0 Å². The standard InChI is InChI=1S/C15H26N3O/c1-18(2,10-11-19)9-8-17-7-3-4-13-5-6-14(16)12-15(13)17/h5-6,12,19H,3-4,7-11,16H2,1-2H3/q+1. The molecule has 4 heteroatoms. The van der Waals surface area contributed by atoms with E-state index in [0.717, 1.165) is 42.8 Å². The zero-order valence-corrected chi connectivity index (χ0v) is 12.1. The fourth-order valence-electron chi connectivity index (χ4n) is 2.67. The molecule has 0 aliphatic carbocycles. The topological polar surface area (TPSA) is 49.5 Å². The first-order valence-corrected chi connectivity index (χ1v) is 7.08. The maximum absolute atomic E-state index is 9.09. The van der Waals surface area contributed by atoms with Gasteiger partial charge in [0.05, 0.1) is 33.8 Å². The van der Waals surface area contributed by atoms with Gasteiger partial charge in [-0.25, -0.2) is 0 Å². The van der Waals surface area contributed by atoms with Crippen molar-refractivity contribution in [3.05, 3.63) is 23.8 Å². The number of anilines is 2. The highest BCUT2D eigenvalue weighted by Crippen LogP contribution is 2.28. The van der Waals surface area contributed by atoms with E-state index >= 15 is 0 Å². The molecule has 0 atom stereocenters. The van der Waals surface area contributed by atoms with Gasteiger partial charge in [0.25, 0.3) is 0 Å². The normalized spacial score (nSPS) is 15.4. The number of likely N-dealkylation sites (N-methyl/N-ethyl adjacent to an activating group) is 1. The number of aliphatic hydroxyl groups excluding tert-OH is 1. The van der Waals surface area contributed by atoms with Gasteiger partial charge in [0.15, 0.2) is 0 Å². The van der Waals surface area contributed by atoms with E-state index in [0.29, 0.717) is 0 Å². The number of nitrogens with zero attached hydrogens (tertiary/aromatic N) is 2. The van der Waals surface area contributed by atoms with Crippen molar-refractivity contribution < 1.29 is 9.59 Å². The van der Waals surface area contributed by atoms with E-state index in [1.807, 2.05) is 6.07 Å². The highest BCUT2D eigenvalue weighted by molar-refractivity contribution is 5.62. The zero-order valence-electron chi connectivity index (χ0n) is 12.1. The Morgan fingerprint density at radius 1 is 1.32 bits per heavy atom. The third-order valence-electron chi connectivity index (χ3n) is 4.00. The molecule has 1 aromatic rings. The highest BCUT2D eigenvalue weighted by Gasteiger charge is 2.20. The Hall–Kier alpha value is -1.26. The van der Waals surface area contributed by atoms with Gasteiger partial charge in [-0.2, -0.15) is 0 Å². The molecule has 4 nitrogen and oxygen atoms in total. The van der Waals surface area contributed by atoms with Crippen LogP contribution in [0.15, 0.2) is 18.2 Å². The second kappa shape index (κ2) is 5.80. The van der Waals surface area contributed by atoms with Crippen LogP contribution in [0.2, 0.25) is 0 Å². The highest BCUT2D eigenvalue weighted by atomic mass is 16.3. The summed E-state index contributed by atoms with van der Waals surface area (Å²) in [6.07, 6.45) is 2.37. The van der Waals surface area contributed by atoms with Crippen LogP contribution < -0.4 is 10.6 Å². The molecule has 0 radical (unpaired) electrons. The first-order valence-electron chi connectivity index (χ1n) is 7.08. The van der Waals surface area contributed by atoms with E-state index in [-0.39, 0.29) is 6.61 Å². The second-order valence-corrected chi connectivity index (χ2v) is 6.09. The first-order chi connectivity index (χ1) is 9.02. The second-order valence-electron chi connectivity index (χ2n) is 6.09. The molecule has 1 aliphatic heterocycles. The summed E-state index contributed by atoms with van der Waals surface area (Å²) in [6.45, 7) is 4.21. The Morgan fingerprint density at radius 3 is 2.84 bits per heavy atom. The Bertz CT molecular complexity index is 431. The fourth-order valence-corrected chi connectivity index (χ4v) is 2.67. The van der Waals surface area contributed by atoms with Crippen LogP contribution in [0.4, 0.5) is 11.4 Å². The summed E-state index contributed by atoms with van der Waals surface area (Å²) in [6, 6.07) is 6.25. The van der Waals surface area contributed by atoms with Crippen LogP contribution in [0.25, 0.3) is 0 Å². The van der Waals surface area contributed by atoms with Gasteiger partial charge in [-0.05, 0) is 30.5 Å². The molecule has 1 aromatic carbocycles. The van der Waals surface area contributed by atoms with Crippen molar-refractivity contribution >= 4 is 11.4 Å². The van der Waals surface area contributed by atoms with Gasteiger partial charge in [0, 0.05) is 17.9 Å². The lowest BCUT2D eigenvalue weighted by Gasteiger charge is -2.35. The number of quaternary nitrogens is 1. The number of benzene rings is 1. The van der Waals surface area contributed by atoms with Crippen molar-refractivity contribution in [3.8, 4) is 0 Å². The van der Waals surface area contributed by atoms with Crippen LogP contribution in [0.3, 0.4) is 0 Å². The molecule has 0 spiro atoms. The monoisotopic (exact) mass is 264 g/mol. The van der Waals surface area contributed by atoms with Crippen LogP contribution in [-0.2, 0) is 6.42 Å². The van der Waals surface area contributed by atoms with Crippen molar-refractivity contribution in [2.24, 2.45) is 0 Å². The summed E-state index contributed by atoms with van der Waals surface area (Å²) >= 11 is 0. The number of hydrogen-bond acceptors (Lipinski definition) is 3.